The van der Waals surface area contributed by atoms with Gasteiger partial charge in [-0.2, -0.15) is 0 Å². The number of anilines is 1. The second-order valence-corrected chi connectivity index (χ2v) is 3.01. The van der Waals surface area contributed by atoms with Gasteiger partial charge in [-0.3, -0.25) is 0 Å². The summed E-state index contributed by atoms with van der Waals surface area (Å²) in [6, 6.07) is 5.83. The molecule has 0 aromatic heterocycles. The number of hydrogen-bond acceptors (Lipinski definition) is 2. The quantitative estimate of drug-likeness (QED) is 0.819. The molecule has 0 saturated heterocycles. The van der Waals surface area contributed by atoms with Crippen molar-refractivity contribution in [1.82, 2.24) is 0 Å². The Balaban J connectivity index is 3.06. The highest BCUT2D eigenvalue weighted by atomic mass is 79.9. The second kappa shape index (κ2) is 3.62. The fourth-order valence-corrected chi connectivity index (χ4v) is 1.24. The summed E-state index contributed by atoms with van der Waals surface area (Å²) in [6.45, 7) is 0. The van der Waals surface area contributed by atoms with Crippen molar-refractivity contribution in [1.29, 1.82) is 0 Å². The smallest absolute Gasteiger partial charge is 0.142 e. The van der Waals surface area contributed by atoms with Crippen molar-refractivity contribution in [3.63, 3.8) is 0 Å². The first kappa shape index (κ1) is 8.40. The molecule has 1 aromatic rings. The number of rotatable bonds is 2. The van der Waals surface area contributed by atoms with Crippen molar-refractivity contribution in [2.24, 2.45) is 0 Å². The lowest BCUT2D eigenvalue weighted by molar-refractivity contribution is 0.416. The van der Waals surface area contributed by atoms with Crippen LogP contribution in [0.2, 0.25) is 0 Å². The molecule has 0 radical (unpaired) electrons. The molecule has 0 bridgehead atoms. The van der Waals surface area contributed by atoms with E-state index in [1.807, 2.05) is 25.2 Å². The summed E-state index contributed by atoms with van der Waals surface area (Å²) in [4.78, 5) is 0. The van der Waals surface area contributed by atoms with Crippen LogP contribution in [0, 0.1) is 0 Å². The fourth-order valence-electron chi connectivity index (χ4n) is 0.876. The van der Waals surface area contributed by atoms with Crippen LogP contribution in [-0.2, 0) is 0 Å². The summed E-state index contributed by atoms with van der Waals surface area (Å²) >= 11 is 3.37. The lowest BCUT2D eigenvalue weighted by Crippen LogP contribution is -1.92. The van der Waals surface area contributed by atoms with Gasteiger partial charge in [-0.15, -0.1) is 0 Å². The zero-order valence-electron chi connectivity index (χ0n) is 6.52. The monoisotopic (exact) mass is 215 g/mol. The van der Waals surface area contributed by atoms with Crippen LogP contribution < -0.4 is 10.1 Å². The highest BCUT2D eigenvalue weighted by molar-refractivity contribution is 9.10. The molecule has 2 nitrogen and oxygen atoms in total. The minimum Gasteiger partial charge on any atom is -0.495 e. The molecule has 0 amide bonds. The number of methoxy groups -OCH3 is 1. The van der Waals surface area contributed by atoms with Gasteiger partial charge in [-0.1, -0.05) is 15.9 Å². The van der Waals surface area contributed by atoms with E-state index >= 15 is 0 Å². The van der Waals surface area contributed by atoms with Gasteiger partial charge in [0.1, 0.15) is 5.75 Å². The third-order valence-electron chi connectivity index (χ3n) is 1.43. The molecule has 0 spiro atoms. The Bertz CT molecular complexity index is 250. The highest BCUT2D eigenvalue weighted by Crippen LogP contribution is 2.26. The number of halogens is 1. The van der Waals surface area contributed by atoms with Crippen LogP contribution in [0.25, 0.3) is 0 Å². The molecule has 1 aromatic carbocycles. The van der Waals surface area contributed by atoms with Crippen molar-refractivity contribution in [2.45, 2.75) is 0 Å². The summed E-state index contributed by atoms with van der Waals surface area (Å²) in [5.41, 5.74) is 0.988. The van der Waals surface area contributed by atoms with Crippen LogP contribution in [0.5, 0.6) is 5.75 Å². The van der Waals surface area contributed by atoms with Crippen molar-refractivity contribution in [2.75, 3.05) is 19.5 Å². The predicted molar refractivity (Wildman–Crippen MR) is 50.2 cm³/mol. The van der Waals surface area contributed by atoms with Gasteiger partial charge in [-0.25, -0.2) is 0 Å². The lowest BCUT2D eigenvalue weighted by Gasteiger charge is -2.07. The molecule has 0 aliphatic carbocycles. The zero-order chi connectivity index (χ0) is 8.27. The van der Waals surface area contributed by atoms with E-state index in [-0.39, 0.29) is 0 Å². The van der Waals surface area contributed by atoms with E-state index in [9.17, 15) is 0 Å². The Hall–Kier alpha value is -0.700. The first-order valence-corrected chi connectivity index (χ1v) is 4.08. The standard InChI is InChI=1S/C8H10BrNO/c1-10-7-5-6(9)3-4-8(7)11-2/h3-5,10H,1-2H3. The van der Waals surface area contributed by atoms with Crippen LogP contribution in [0.3, 0.4) is 0 Å². The van der Waals surface area contributed by atoms with Gasteiger partial charge in [0.05, 0.1) is 12.8 Å². The maximum Gasteiger partial charge on any atom is 0.142 e. The molecular weight excluding hydrogens is 206 g/mol. The van der Waals surface area contributed by atoms with Crippen LogP contribution in [0.15, 0.2) is 22.7 Å². The molecule has 0 aliphatic rings. The minimum atomic E-state index is 0.857. The zero-order valence-corrected chi connectivity index (χ0v) is 8.10. The largest absolute Gasteiger partial charge is 0.495 e. The van der Waals surface area contributed by atoms with E-state index in [0.717, 1.165) is 15.9 Å². The molecule has 1 rings (SSSR count). The van der Waals surface area contributed by atoms with Gasteiger partial charge < -0.3 is 10.1 Å². The average Bonchev–Trinajstić information content (AvgIpc) is 2.04. The number of benzene rings is 1. The summed E-state index contributed by atoms with van der Waals surface area (Å²) in [6.07, 6.45) is 0. The lowest BCUT2D eigenvalue weighted by atomic mass is 10.3. The molecular formula is C8H10BrNO. The van der Waals surface area contributed by atoms with Gasteiger partial charge >= 0.3 is 0 Å². The fraction of sp³-hybridized carbons (Fsp3) is 0.250. The maximum absolute atomic E-state index is 5.11. The Morgan fingerprint density at radius 2 is 2.18 bits per heavy atom. The molecule has 0 atom stereocenters. The van der Waals surface area contributed by atoms with Crippen LogP contribution in [-0.4, -0.2) is 14.2 Å². The van der Waals surface area contributed by atoms with Gasteiger partial charge in [-0.05, 0) is 18.2 Å². The molecule has 0 aliphatic heterocycles. The molecule has 3 heteroatoms. The highest BCUT2D eigenvalue weighted by Gasteiger charge is 1.99. The Morgan fingerprint density at radius 3 is 2.73 bits per heavy atom. The molecule has 0 heterocycles. The van der Waals surface area contributed by atoms with Crippen molar-refractivity contribution in [3.05, 3.63) is 22.7 Å². The molecule has 11 heavy (non-hydrogen) atoms. The SMILES string of the molecule is CNc1cc(Br)ccc1OC. The average molecular weight is 216 g/mol. The molecule has 60 valence electrons. The summed E-state index contributed by atoms with van der Waals surface area (Å²) in [5, 5.41) is 3.03. The van der Waals surface area contributed by atoms with E-state index in [2.05, 4.69) is 21.2 Å². The summed E-state index contributed by atoms with van der Waals surface area (Å²) in [5.74, 6) is 0.857. The molecule has 1 N–H and O–H groups in total. The molecule has 0 unspecified atom stereocenters. The van der Waals surface area contributed by atoms with Gasteiger partial charge in [0.15, 0.2) is 0 Å². The second-order valence-electron chi connectivity index (χ2n) is 2.09. The Morgan fingerprint density at radius 1 is 1.45 bits per heavy atom. The third-order valence-corrected chi connectivity index (χ3v) is 1.92. The normalized spacial score (nSPS) is 9.36. The molecule has 0 fully saturated rings. The van der Waals surface area contributed by atoms with Gasteiger partial charge in [0, 0.05) is 11.5 Å². The summed E-state index contributed by atoms with van der Waals surface area (Å²) < 4.78 is 6.15. The van der Waals surface area contributed by atoms with Crippen molar-refractivity contribution < 1.29 is 4.74 Å². The topological polar surface area (TPSA) is 21.3 Å². The van der Waals surface area contributed by atoms with Crippen LogP contribution >= 0.6 is 15.9 Å². The Kier molecular flexibility index (Phi) is 2.76. The van der Waals surface area contributed by atoms with Crippen LogP contribution in [0.1, 0.15) is 0 Å². The Labute approximate surface area is 74.7 Å². The van der Waals surface area contributed by atoms with Crippen molar-refractivity contribution in [3.8, 4) is 5.75 Å². The number of nitrogens with one attached hydrogen (secondary N) is 1. The minimum absolute atomic E-state index is 0.857. The first-order valence-electron chi connectivity index (χ1n) is 3.29. The molecule has 0 saturated carbocycles. The number of hydrogen-bond donors (Lipinski definition) is 1. The van der Waals surface area contributed by atoms with E-state index < -0.39 is 0 Å². The van der Waals surface area contributed by atoms with E-state index in [4.69, 9.17) is 4.74 Å². The first-order chi connectivity index (χ1) is 5.27. The van der Waals surface area contributed by atoms with E-state index in [1.165, 1.54) is 0 Å². The van der Waals surface area contributed by atoms with Gasteiger partial charge in [0.2, 0.25) is 0 Å². The maximum atomic E-state index is 5.11. The number of ether oxygens (including phenoxy) is 1. The third kappa shape index (κ3) is 1.87. The predicted octanol–water partition coefficient (Wildman–Crippen LogP) is 2.50. The van der Waals surface area contributed by atoms with Crippen molar-refractivity contribution >= 4 is 21.6 Å². The van der Waals surface area contributed by atoms with E-state index in [0.29, 0.717) is 0 Å². The van der Waals surface area contributed by atoms with E-state index in [1.54, 1.807) is 7.11 Å². The van der Waals surface area contributed by atoms with Gasteiger partial charge in [0.25, 0.3) is 0 Å². The van der Waals surface area contributed by atoms with Crippen LogP contribution in [0.4, 0.5) is 5.69 Å². The summed E-state index contributed by atoms with van der Waals surface area (Å²) in [7, 11) is 3.52.